The third kappa shape index (κ3) is 4.23. The zero-order valence-electron chi connectivity index (χ0n) is 15.8. The summed E-state index contributed by atoms with van der Waals surface area (Å²) >= 11 is 0. The fraction of sp³-hybridized carbons (Fsp3) is 0.200. The van der Waals surface area contributed by atoms with Gasteiger partial charge in [0.25, 0.3) is 0 Å². The topological polar surface area (TPSA) is 88.6 Å². The van der Waals surface area contributed by atoms with Crippen LogP contribution in [-0.2, 0) is 14.8 Å². The minimum atomic E-state index is -3.72. The summed E-state index contributed by atoms with van der Waals surface area (Å²) < 4.78 is 31.1. The Balaban J connectivity index is 1.92. The number of aromatic nitrogens is 1. The van der Waals surface area contributed by atoms with Gasteiger partial charge in [-0.15, -0.1) is 0 Å². The molecule has 1 N–H and O–H groups in total. The molecule has 1 amide bonds. The standard InChI is InChI=1S/C20H21N3O4S/c1-14-9-10-18(27-2)17(12-14)23(28(3,25)26)13-19(24)22-16-8-4-6-15-7-5-11-21-20(15)16/h4-12H,13H2,1-3H3,(H,22,24). The summed E-state index contributed by atoms with van der Waals surface area (Å²) in [5.41, 5.74) is 2.32. The molecule has 0 saturated heterocycles. The van der Waals surface area contributed by atoms with Crippen LogP contribution in [0.1, 0.15) is 5.56 Å². The van der Waals surface area contributed by atoms with Gasteiger partial charge in [0, 0.05) is 11.6 Å². The predicted molar refractivity (Wildman–Crippen MR) is 110 cm³/mol. The van der Waals surface area contributed by atoms with E-state index in [-0.39, 0.29) is 6.54 Å². The van der Waals surface area contributed by atoms with Crippen LogP contribution in [0.2, 0.25) is 0 Å². The first-order valence-corrected chi connectivity index (χ1v) is 10.4. The van der Waals surface area contributed by atoms with Gasteiger partial charge in [-0.1, -0.05) is 24.3 Å². The van der Waals surface area contributed by atoms with Crippen molar-refractivity contribution in [3.63, 3.8) is 0 Å². The molecule has 28 heavy (non-hydrogen) atoms. The molecular formula is C20H21N3O4S. The molecule has 0 aliphatic rings. The number of pyridine rings is 1. The van der Waals surface area contributed by atoms with Crippen molar-refractivity contribution in [3.05, 3.63) is 60.3 Å². The molecule has 0 radical (unpaired) electrons. The lowest BCUT2D eigenvalue weighted by Crippen LogP contribution is -2.37. The number of carbonyl (C=O) groups is 1. The lowest BCUT2D eigenvalue weighted by atomic mass is 10.2. The lowest BCUT2D eigenvalue weighted by Gasteiger charge is -2.24. The average molecular weight is 399 g/mol. The summed E-state index contributed by atoms with van der Waals surface area (Å²) in [4.78, 5) is 17.0. The van der Waals surface area contributed by atoms with Crippen LogP contribution in [0.5, 0.6) is 5.75 Å². The van der Waals surface area contributed by atoms with Crippen LogP contribution < -0.4 is 14.4 Å². The van der Waals surface area contributed by atoms with E-state index in [9.17, 15) is 13.2 Å². The Bertz CT molecular complexity index is 1120. The number of rotatable bonds is 6. The smallest absolute Gasteiger partial charge is 0.245 e. The molecule has 0 aliphatic heterocycles. The maximum Gasteiger partial charge on any atom is 0.245 e. The SMILES string of the molecule is COc1ccc(C)cc1N(CC(=O)Nc1cccc2cccnc12)S(C)(=O)=O. The second kappa shape index (κ2) is 7.85. The van der Waals surface area contributed by atoms with Gasteiger partial charge in [0.05, 0.1) is 30.3 Å². The Labute approximate surface area is 164 Å². The monoisotopic (exact) mass is 399 g/mol. The van der Waals surface area contributed by atoms with Crippen molar-refractivity contribution < 1.29 is 17.9 Å². The van der Waals surface area contributed by atoms with Crippen LogP contribution in [0.4, 0.5) is 11.4 Å². The Kier molecular flexibility index (Phi) is 5.51. The number of aryl methyl sites for hydroxylation is 1. The van der Waals surface area contributed by atoms with Crippen LogP contribution >= 0.6 is 0 Å². The van der Waals surface area contributed by atoms with Gasteiger partial charge in [-0.2, -0.15) is 0 Å². The number of amides is 1. The number of nitrogens with one attached hydrogen (secondary N) is 1. The molecule has 1 aromatic heterocycles. The number of fused-ring (bicyclic) bond motifs is 1. The van der Waals surface area contributed by atoms with Crippen LogP contribution in [0.25, 0.3) is 10.9 Å². The van der Waals surface area contributed by atoms with Crippen LogP contribution in [0.3, 0.4) is 0 Å². The molecule has 8 heteroatoms. The molecule has 0 atom stereocenters. The number of benzene rings is 2. The molecular weight excluding hydrogens is 378 g/mol. The fourth-order valence-corrected chi connectivity index (χ4v) is 3.75. The molecule has 146 valence electrons. The van der Waals surface area contributed by atoms with E-state index < -0.39 is 15.9 Å². The summed E-state index contributed by atoms with van der Waals surface area (Å²) in [5, 5.41) is 3.64. The average Bonchev–Trinajstić information content (AvgIpc) is 2.65. The first kappa shape index (κ1) is 19.6. The number of nitrogens with zero attached hydrogens (tertiary/aromatic N) is 2. The highest BCUT2D eigenvalue weighted by Gasteiger charge is 2.24. The predicted octanol–water partition coefficient (Wildman–Crippen LogP) is 2.96. The number of methoxy groups -OCH3 is 1. The van der Waals surface area contributed by atoms with Gasteiger partial charge in [-0.25, -0.2) is 8.42 Å². The van der Waals surface area contributed by atoms with E-state index in [1.165, 1.54) is 7.11 Å². The lowest BCUT2D eigenvalue weighted by molar-refractivity contribution is -0.114. The van der Waals surface area contributed by atoms with Crippen molar-refractivity contribution in [1.82, 2.24) is 4.98 Å². The maximum absolute atomic E-state index is 12.7. The molecule has 0 saturated carbocycles. The minimum Gasteiger partial charge on any atom is -0.495 e. The Morgan fingerprint density at radius 2 is 1.93 bits per heavy atom. The molecule has 0 aliphatic carbocycles. The van der Waals surface area contributed by atoms with Crippen molar-refractivity contribution in [2.45, 2.75) is 6.92 Å². The van der Waals surface area contributed by atoms with E-state index in [0.717, 1.165) is 21.5 Å². The first-order valence-electron chi connectivity index (χ1n) is 8.55. The number of anilines is 2. The third-order valence-corrected chi connectivity index (χ3v) is 5.32. The molecule has 0 unspecified atom stereocenters. The molecule has 0 spiro atoms. The number of carbonyl (C=O) groups excluding carboxylic acids is 1. The fourth-order valence-electron chi connectivity index (χ4n) is 2.90. The van der Waals surface area contributed by atoms with Crippen molar-refractivity contribution in [2.75, 3.05) is 29.5 Å². The molecule has 3 rings (SSSR count). The van der Waals surface area contributed by atoms with E-state index in [1.807, 2.05) is 31.2 Å². The summed E-state index contributed by atoms with van der Waals surface area (Å²) in [6.45, 7) is 1.45. The molecule has 3 aromatic rings. The largest absolute Gasteiger partial charge is 0.495 e. The van der Waals surface area contributed by atoms with Crippen LogP contribution in [0, 0.1) is 6.92 Å². The maximum atomic E-state index is 12.7. The van der Waals surface area contributed by atoms with Gasteiger partial charge in [0.2, 0.25) is 15.9 Å². The summed E-state index contributed by atoms with van der Waals surface area (Å²) in [6, 6.07) is 14.3. The van der Waals surface area contributed by atoms with Crippen molar-refractivity contribution in [2.24, 2.45) is 0 Å². The summed E-state index contributed by atoms with van der Waals surface area (Å²) in [6.07, 6.45) is 2.69. The molecule has 2 aromatic carbocycles. The minimum absolute atomic E-state index is 0.316. The molecule has 0 fully saturated rings. The van der Waals surface area contributed by atoms with Crippen molar-refractivity contribution >= 4 is 38.2 Å². The highest BCUT2D eigenvalue weighted by molar-refractivity contribution is 7.92. The van der Waals surface area contributed by atoms with Crippen LogP contribution in [-0.4, -0.2) is 39.2 Å². The number of ether oxygens (including phenoxy) is 1. The second-order valence-electron chi connectivity index (χ2n) is 6.37. The van der Waals surface area contributed by atoms with E-state index >= 15 is 0 Å². The van der Waals surface area contributed by atoms with Gasteiger partial charge in [-0.3, -0.25) is 14.1 Å². The number of hydrogen-bond donors (Lipinski definition) is 1. The van der Waals surface area contributed by atoms with Gasteiger partial charge >= 0.3 is 0 Å². The number of sulfonamides is 1. The first-order chi connectivity index (χ1) is 13.3. The Morgan fingerprint density at radius 3 is 2.64 bits per heavy atom. The molecule has 1 heterocycles. The highest BCUT2D eigenvalue weighted by atomic mass is 32.2. The highest BCUT2D eigenvalue weighted by Crippen LogP contribution is 2.31. The van der Waals surface area contributed by atoms with Gasteiger partial charge in [-0.05, 0) is 36.8 Å². The molecule has 7 nitrogen and oxygen atoms in total. The third-order valence-electron chi connectivity index (χ3n) is 4.20. The molecule has 0 bridgehead atoms. The zero-order chi connectivity index (χ0) is 20.3. The van der Waals surface area contributed by atoms with E-state index in [2.05, 4.69) is 10.3 Å². The zero-order valence-corrected chi connectivity index (χ0v) is 16.7. The van der Waals surface area contributed by atoms with Crippen LogP contribution in [0.15, 0.2) is 54.7 Å². The van der Waals surface area contributed by atoms with Gasteiger partial charge < -0.3 is 10.1 Å². The van der Waals surface area contributed by atoms with Gasteiger partial charge in [0.1, 0.15) is 12.3 Å². The normalized spacial score (nSPS) is 11.2. The van der Waals surface area contributed by atoms with E-state index in [1.54, 1.807) is 30.5 Å². The second-order valence-corrected chi connectivity index (χ2v) is 8.28. The number of para-hydroxylation sites is 1. The summed E-state index contributed by atoms with van der Waals surface area (Å²) in [5.74, 6) is -0.109. The Hall–Kier alpha value is -3.13. The Morgan fingerprint density at radius 1 is 1.18 bits per heavy atom. The van der Waals surface area contributed by atoms with E-state index in [4.69, 9.17) is 4.74 Å². The van der Waals surface area contributed by atoms with E-state index in [0.29, 0.717) is 22.6 Å². The van der Waals surface area contributed by atoms with Crippen molar-refractivity contribution in [3.8, 4) is 5.75 Å². The van der Waals surface area contributed by atoms with Gasteiger partial charge in [0.15, 0.2) is 0 Å². The number of hydrogen-bond acceptors (Lipinski definition) is 5. The quantitative estimate of drug-likeness (QED) is 0.688. The van der Waals surface area contributed by atoms with Crippen molar-refractivity contribution in [1.29, 1.82) is 0 Å². The summed E-state index contributed by atoms with van der Waals surface area (Å²) in [7, 11) is -2.27.